The van der Waals surface area contributed by atoms with E-state index < -0.39 is 6.10 Å². The Morgan fingerprint density at radius 1 is 0.350 bits per heavy atom. The molecular weight excluding hydrogens is 745 g/mol. The van der Waals surface area contributed by atoms with Crippen LogP contribution in [0.5, 0.6) is 0 Å². The number of rotatable bonds is 43. The number of carbonyl (C=O) groups excluding carboxylic acids is 3. The minimum atomic E-state index is -0.814. The molecule has 1 atom stereocenters. The van der Waals surface area contributed by atoms with E-state index in [1.54, 1.807) is 0 Å². The zero-order chi connectivity index (χ0) is 43.7. The monoisotopic (exact) mass is 835 g/mol. The normalized spacial score (nSPS) is 12.8. The van der Waals surface area contributed by atoms with Crippen LogP contribution in [0.15, 0.2) is 85.1 Å². The summed E-state index contributed by atoms with van der Waals surface area (Å²) in [6.07, 6.45) is 61.5. The first-order chi connectivity index (χ1) is 29.5. The molecule has 0 rings (SSSR count). The van der Waals surface area contributed by atoms with E-state index in [-0.39, 0.29) is 37.5 Å². The van der Waals surface area contributed by atoms with Crippen molar-refractivity contribution in [2.75, 3.05) is 13.2 Å². The molecular formula is C54H90O6. The molecule has 0 aliphatic heterocycles. The van der Waals surface area contributed by atoms with Crippen molar-refractivity contribution in [1.82, 2.24) is 0 Å². The molecule has 6 nitrogen and oxygen atoms in total. The van der Waals surface area contributed by atoms with E-state index in [0.717, 1.165) is 103 Å². The molecule has 0 aromatic heterocycles. The van der Waals surface area contributed by atoms with Crippen molar-refractivity contribution in [3.05, 3.63) is 85.1 Å². The van der Waals surface area contributed by atoms with Crippen molar-refractivity contribution in [3.8, 4) is 0 Å². The fourth-order valence-electron chi connectivity index (χ4n) is 6.46. The highest BCUT2D eigenvalue weighted by Gasteiger charge is 2.19. The third-order valence-corrected chi connectivity index (χ3v) is 10.1. The van der Waals surface area contributed by atoms with Crippen LogP contribution >= 0.6 is 0 Å². The van der Waals surface area contributed by atoms with Gasteiger partial charge in [0.1, 0.15) is 13.2 Å². The molecule has 342 valence electrons. The number of ether oxygens (including phenoxy) is 3. The van der Waals surface area contributed by atoms with E-state index in [2.05, 4.69) is 106 Å². The number of hydrogen-bond acceptors (Lipinski definition) is 6. The van der Waals surface area contributed by atoms with Gasteiger partial charge in [-0.2, -0.15) is 0 Å². The topological polar surface area (TPSA) is 78.9 Å². The van der Waals surface area contributed by atoms with Gasteiger partial charge in [0.2, 0.25) is 0 Å². The SMILES string of the molecule is CC/C=C\C/C=C\C/C=C\CCCCC(=O)OCC(COC(=O)CCCCCCC/C=C\CCCCCCCCCCC)OC(=O)CCCC/C=C\C/C=C\C/C=C\CC. The van der Waals surface area contributed by atoms with Gasteiger partial charge >= 0.3 is 17.9 Å². The van der Waals surface area contributed by atoms with Gasteiger partial charge in [-0.05, 0) is 109 Å². The standard InChI is InChI=1S/C54H90O6/c1-4-7-10-13-16-19-22-25-26-27-28-29-30-33-35-38-41-44-47-53(56)59-50-51(60-54(57)48-45-42-39-36-32-24-21-18-15-12-9-6-3)49-58-52(55)46-43-40-37-34-31-23-20-17-14-11-8-5-2/h8-9,11-12,17-18,20-21,28-29,31-32,34,36,51H,4-7,10,13-16,19,22-27,30,33,35,37-50H2,1-3H3/b11-8-,12-9-,20-17-,21-18-,29-28-,34-31-,36-32-. The van der Waals surface area contributed by atoms with Crippen LogP contribution in [0.2, 0.25) is 0 Å². The highest BCUT2D eigenvalue weighted by atomic mass is 16.6. The number of esters is 3. The second-order valence-corrected chi connectivity index (χ2v) is 16.0. The zero-order valence-corrected chi connectivity index (χ0v) is 38.9. The molecule has 0 aromatic carbocycles. The van der Waals surface area contributed by atoms with Gasteiger partial charge in [0.15, 0.2) is 6.10 Å². The van der Waals surface area contributed by atoms with Gasteiger partial charge in [-0.3, -0.25) is 14.4 Å². The molecule has 0 fully saturated rings. The van der Waals surface area contributed by atoms with E-state index in [9.17, 15) is 14.4 Å². The summed E-state index contributed by atoms with van der Waals surface area (Å²) in [6.45, 7) is 6.32. The van der Waals surface area contributed by atoms with Crippen molar-refractivity contribution in [2.45, 2.75) is 226 Å². The Bertz CT molecular complexity index is 1190. The first-order valence-electron chi connectivity index (χ1n) is 24.6. The second kappa shape index (κ2) is 48.3. The second-order valence-electron chi connectivity index (χ2n) is 16.0. The summed E-state index contributed by atoms with van der Waals surface area (Å²) in [6, 6.07) is 0. The maximum absolute atomic E-state index is 12.7. The maximum Gasteiger partial charge on any atom is 0.306 e. The van der Waals surface area contributed by atoms with E-state index in [1.165, 1.54) is 70.6 Å². The van der Waals surface area contributed by atoms with Crippen molar-refractivity contribution in [3.63, 3.8) is 0 Å². The Hall–Kier alpha value is -3.41. The predicted molar refractivity (Wildman–Crippen MR) is 256 cm³/mol. The van der Waals surface area contributed by atoms with Crippen LogP contribution < -0.4 is 0 Å². The van der Waals surface area contributed by atoms with Gasteiger partial charge in [-0.15, -0.1) is 0 Å². The molecule has 0 radical (unpaired) electrons. The average Bonchev–Trinajstić information content (AvgIpc) is 3.24. The van der Waals surface area contributed by atoms with Crippen LogP contribution in [0.25, 0.3) is 0 Å². The maximum atomic E-state index is 12.7. The Morgan fingerprint density at radius 3 is 1.07 bits per heavy atom. The van der Waals surface area contributed by atoms with Gasteiger partial charge in [-0.1, -0.05) is 176 Å². The molecule has 0 aliphatic rings. The van der Waals surface area contributed by atoms with E-state index in [1.807, 2.05) is 0 Å². The largest absolute Gasteiger partial charge is 0.462 e. The zero-order valence-electron chi connectivity index (χ0n) is 38.9. The third-order valence-electron chi connectivity index (χ3n) is 10.1. The lowest BCUT2D eigenvalue weighted by molar-refractivity contribution is -0.167. The average molecular weight is 835 g/mol. The summed E-state index contributed by atoms with van der Waals surface area (Å²) in [5.74, 6) is -1.00. The summed E-state index contributed by atoms with van der Waals surface area (Å²) in [7, 11) is 0. The van der Waals surface area contributed by atoms with Gasteiger partial charge in [0, 0.05) is 19.3 Å². The summed E-state index contributed by atoms with van der Waals surface area (Å²) in [5, 5.41) is 0. The fraction of sp³-hybridized carbons (Fsp3) is 0.685. The molecule has 0 amide bonds. The van der Waals surface area contributed by atoms with Gasteiger partial charge < -0.3 is 14.2 Å². The van der Waals surface area contributed by atoms with Crippen LogP contribution in [0.1, 0.15) is 220 Å². The molecule has 1 unspecified atom stereocenters. The van der Waals surface area contributed by atoms with Crippen molar-refractivity contribution >= 4 is 17.9 Å². The molecule has 0 aromatic rings. The Balaban J connectivity index is 4.44. The summed E-state index contributed by atoms with van der Waals surface area (Å²) in [4.78, 5) is 37.8. The lowest BCUT2D eigenvalue weighted by Crippen LogP contribution is -2.30. The number of unbranched alkanes of at least 4 members (excludes halogenated alkanes) is 18. The molecule has 0 saturated heterocycles. The molecule has 60 heavy (non-hydrogen) atoms. The van der Waals surface area contributed by atoms with Crippen molar-refractivity contribution in [2.24, 2.45) is 0 Å². The minimum absolute atomic E-state index is 0.109. The highest BCUT2D eigenvalue weighted by molar-refractivity contribution is 5.71. The van der Waals surface area contributed by atoms with Crippen molar-refractivity contribution in [1.29, 1.82) is 0 Å². The number of allylic oxidation sites excluding steroid dienone is 14. The van der Waals surface area contributed by atoms with Gasteiger partial charge in [0.25, 0.3) is 0 Å². The molecule has 6 heteroatoms. The lowest BCUT2D eigenvalue weighted by atomic mass is 10.1. The summed E-state index contributed by atoms with van der Waals surface area (Å²) >= 11 is 0. The quantitative estimate of drug-likeness (QED) is 0.0263. The van der Waals surface area contributed by atoms with Crippen molar-refractivity contribution < 1.29 is 28.6 Å². The summed E-state index contributed by atoms with van der Waals surface area (Å²) < 4.78 is 16.7. The third kappa shape index (κ3) is 45.7. The predicted octanol–water partition coefficient (Wildman–Crippen LogP) is 16.0. The highest BCUT2D eigenvalue weighted by Crippen LogP contribution is 2.13. The van der Waals surface area contributed by atoms with Crippen LogP contribution in [-0.4, -0.2) is 37.2 Å². The van der Waals surface area contributed by atoms with E-state index in [0.29, 0.717) is 19.3 Å². The molecule has 0 spiro atoms. The number of hydrogen-bond donors (Lipinski definition) is 0. The lowest BCUT2D eigenvalue weighted by Gasteiger charge is -2.18. The van der Waals surface area contributed by atoms with Crippen LogP contribution in [0.4, 0.5) is 0 Å². The van der Waals surface area contributed by atoms with Crippen LogP contribution in [-0.2, 0) is 28.6 Å². The first kappa shape index (κ1) is 56.6. The Kier molecular flexibility index (Phi) is 45.5. The van der Waals surface area contributed by atoms with Gasteiger partial charge in [0.05, 0.1) is 0 Å². The Morgan fingerprint density at radius 2 is 0.650 bits per heavy atom. The smallest absolute Gasteiger partial charge is 0.306 e. The molecule has 0 heterocycles. The van der Waals surface area contributed by atoms with Crippen LogP contribution in [0, 0.1) is 0 Å². The van der Waals surface area contributed by atoms with E-state index >= 15 is 0 Å². The fourth-order valence-corrected chi connectivity index (χ4v) is 6.46. The Labute approximate surface area is 369 Å². The molecule has 0 bridgehead atoms. The molecule has 0 N–H and O–H groups in total. The van der Waals surface area contributed by atoms with Gasteiger partial charge in [-0.25, -0.2) is 0 Å². The minimum Gasteiger partial charge on any atom is -0.462 e. The van der Waals surface area contributed by atoms with Crippen LogP contribution in [0.3, 0.4) is 0 Å². The molecule has 0 saturated carbocycles. The summed E-state index contributed by atoms with van der Waals surface area (Å²) in [5.41, 5.74) is 0. The molecule has 0 aliphatic carbocycles. The van der Waals surface area contributed by atoms with E-state index in [4.69, 9.17) is 14.2 Å². The first-order valence-corrected chi connectivity index (χ1v) is 24.6. The number of carbonyl (C=O) groups is 3.